The van der Waals surface area contributed by atoms with Crippen LogP contribution in [0.15, 0.2) is 47.1 Å². The SMILES string of the molecule is O=C(O)c1cccc(Oc2cccc(Br)n2)c1. The van der Waals surface area contributed by atoms with Gasteiger partial charge in [0.25, 0.3) is 0 Å². The summed E-state index contributed by atoms with van der Waals surface area (Å²) in [4.78, 5) is 14.9. The van der Waals surface area contributed by atoms with Crippen LogP contribution in [0.1, 0.15) is 10.4 Å². The molecule has 0 atom stereocenters. The van der Waals surface area contributed by atoms with Gasteiger partial charge in [-0.25, -0.2) is 9.78 Å². The number of hydrogen-bond donors (Lipinski definition) is 1. The van der Waals surface area contributed by atoms with Crippen LogP contribution < -0.4 is 4.74 Å². The number of hydrogen-bond acceptors (Lipinski definition) is 3. The lowest BCUT2D eigenvalue weighted by Crippen LogP contribution is -1.96. The number of rotatable bonds is 3. The zero-order valence-electron chi connectivity index (χ0n) is 8.63. The molecule has 86 valence electrons. The smallest absolute Gasteiger partial charge is 0.335 e. The van der Waals surface area contributed by atoms with Crippen LogP contribution in [0.4, 0.5) is 0 Å². The first kappa shape index (κ1) is 11.6. The van der Waals surface area contributed by atoms with Crippen molar-refractivity contribution in [1.82, 2.24) is 4.98 Å². The van der Waals surface area contributed by atoms with Gasteiger partial charge in [-0.1, -0.05) is 12.1 Å². The first-order chi connectivity index (χ1) is 8.15. The van der Waals surface area contributed by atoms with E-state index in [2.05, 4.69) is 20.9 Å². The molecule has 0 amide bonds. The first-order valence-electron chi connectivity index (χ1n) is 4.79. The summed E-state index contributed by atoms with van der Waals surface area (Å²) in [5.74, 6) is -0.143. The van der Waals surface area contributed by atoms with Crippen LogP contribution in [0, 0.1) is 0 Å². The minimum Gasteiger partial charge on any atom is -0.478 e. The maximum Gasteiger partial charge on any atom is 0.335 e. The van der Waals surface area contributed by atoms with Crippen molar-refractivity contribution in [2.24, 2.45) is 0 Å². The van der Waals surface area contributed by atoms with E-state index in [4.69, 9.17) is 9.84 Å². The molecule has 0 radical (unpaired) electrons. The van der Waals surface area contributed by atoms with Crippen molar-refractivity contribution in [3.05, 3.63) is 52.6 Å². The van der Waals surface area contributed by atoms with E-state index in [0.29, 0.717) is 16.2 Å². The number of aromatic carboxylic acids is 1. The minimum atomic E-state index is -0.988. The van der Waals surface area contributed by atoms with Gasteiger partial charge in [-0.05, 0) is 40.2 Å². The molecule has 4 nitrogen and oxygen atoms in total. The largest absolute Gasteiger partial charge is 0.478 e. The Labute approximate surface area is 106 Å². The Balaban J connectivity index is 2.24. The van der Waals surface area contributed by atoms with E-state index < -0.39 is 5.97 Å². The third kappa shape index (κ3) is 3.04. The first-order valence-corrected chi connectivity index (χ1v) is 5.58. The molecule has 0 fully saturated rings. The van der Waals surface area contributed by atoms with Gasteiger partial charge in [-0.2, -0.15) is 0 Å². The normalized spacial score (nSPS) is 9.94. The standard InChI is InChI=1S/C12H8BrNO3/c13-10-5-2-6-11(14-10)17-9-4-1-3-8(7-9)12(15)16/h1-7H,(H,15,16). The Bertz CT molecular complexity index is 557. The number of ether oxygens (including phenoxy) is 1. The quantitative estimate of drug-likeness (QED) is 0.882. The highest BCUT2D eigenvalue weighted by Crippen LogP contribution is 2.21. The lowest BCUT2D eigenvalue weighted by Gasteiger charge is -2.05. The van der Waals surface area contributed by atoms with Crippen LogP contribution in [-0.2, 0) is 0 Å². The fourth-order valence-electron chi connectivity index (χ4n) is 1.26. The highest BCUT2D eigenvalue weighted by Gasteiger charge is 2.05. The highest BCUT2D eigenvalue weighted by atomic mass is 79.9. The van der Waals surface area contributed by atoms with Crippen LogP contribution in [0.25, 0.3) is 0 Å². The van der Waals surface area contributed by atoms with Crippen molar-refractivity contribution >= 4 is 21.9 Å². The predicted octanol–water partition coefficient (Wildman–Crippen LogP) is 3.33. The minimum absolute atomic E-state index is 0.178. The summed E-state index contributed by atoms with van der Waals surface area (Å²) in [7, 11) is 0. The summed E-state index contributed by atoms with van der Waals surface area (Å²) in [6, 6.07) is 11.5. The van der Waals surface area contributed by atoms with Gasteiger partial charge >= 0.3 is 5.97 Å². The second-order valence-electron chi connectivity index (χ2n) is 3.23. The molecule has 1 aromatic carbocycles. The van der Waals surface area contributed by atoms with Crippen molar-refractivity contribution in [3.8, 4) is 11.6 Å². The second kappa shape index (κ2) is 4.97. The van der Waals surface area contributed by atoms with Gasteiger partial charge in [-0.3, -0.25) is 0 Å². The van der Waals surface area contributed by atoms with Crippen molar-refractivity contribution in [3.63, 3.8) is 0 Å². The Morgan fingerprint density at radius 1 is 1.24 bits per heavy atom. The number of pyridine rings is 1. The van der Waals surface area contributed by atoms with E-state index in [9.17, 15) is 4.79 Å². The van der Waals surface area contributed by atoms with Crippen molar-refractivity contribution in [1.29, 1.82) is 0 Å². The zero-order valence-corrected chi connectivity index (χ0v) is 10.2. The summed E-state index contributed by atoms with van der Waals surface area (Å²) in [5, 5.41) is 8.84. The Hall–Kier alpha value is -1.88. The highest BCUT2D eigenvalue weighted by molar-refractivity contribution is 9.10. The molecule has 0 spiro atoms. The number of benzene rings is 1. The number of carboxylic acid groups (broad SMARTS) is 1. The maximum atomic E-state index is 10.8. The predicted molar refractivity (Wildman–Crippen MR) is 65.4 cm³/mol. The molecular formula is C12H8BrNO3. The molecule has 0 saturated heterocycles. The van der Waals surface area contributed by atoms with Gasteiger partial charge in [0, 0.05) is 6.07 Å². The molecule has 1 N–H and O–H groups in total. The fourth-order valence-corrected chi connectivity index (χ4v) is 1.59. The monoisotopic (exact) mass is 293 g/mol. The third-order valence-corrected chi connectivity index (χ3v) is 2.43. The summed E-state index contributed by atoms with van der Waals surface area (Å²) in [6.07, 6.45) is 0. The van der Waals surface area contributed by atoms with Gasteiger partial charge in [0.15, 0.2) is 0 Å². The number of nitrogens with zero attached hydrogens (tertiary/aromatic N) is 1. The average Bonchev–Trinajstić information content (AvgIpc) is 2.29. The lowest BCUT2D eigenvalue weighted by atomic mass is 10.2. The van der Waals surface area contributed by atoms with Gasteiger partial charge in [0.1, 0.15) is 10.4 Å². The molecule has 0 bridgehead atoms. The summed E-state index contributed by atoms with van der Waals surface area (Å²) in [6.45, 7) is 0. The molecular weight excluding hydrogens is 286 g/mol. The molecule has 0 saturated carbocycles. The molecule has 2 aromatic rings. The molecule has 2 rings (SSSR count). The lowest BCUT2D eigenvalue weighted by molar-refractivity contribution is 0.0696. The van der Waals surface area contributed by atoms with Gasteiger partial charge < -0.3 is 9.84 Å². The molecule has 0 aliphatic heterocycles. The molecule has 1 heterocycles. The molecule has 0 aliphatic rings. The van der Waals surface area contributed by atoms with E-state index in [0.717, 1.165) is 0 Å². The number of carboxylic acids is 1. The number of carbonyl (C=O) groups is 1. The maximum absolute atomic E-state index is 10.8. The number of halogens is 1. The molecule has 17 heavy (non-hydrogen) atoms. The molecule has 1 aromatic heterocycles. The summed E-state index contributed by atoms with van der Waals surface area (Å²) >= 11 is 3.23. The van der Waals surface area contributed by atoms with Gasteiger partial charge in [-0.15, -0.1) is 0 Å². The van der Waals surface area contributed by atoms with Gasteiger partial charge in [0.05, 0.1) is 5.56 Å². The van der Waals surface area contributed by atoms with Crippen molar-refractivity contribution < 1.29 is 14.6 Å². The van der Waals surface area contributed by atoms with E-state index >= 15 is 0 Å². The molecule has 0 aliphatic carbocycles. The van der Waals surface area contributed by atoms with E-state index in [1.807, 2.05) is 0 Å². The average molecular weight is 294 g/mol. The zero-order chi connectivity index (χ0) is 12.3. The Morgan fingerprint density at radius 3 is 2.71 bits per heavy atom. The fraction of sp³-hybridized carbons (Fsp3) is 0. The number of aromatic nitrogens is 1. The van der Waals surface area contributed by atoms with Crippen LogP contribution in [0.2, 0.25) is 0 Å². The molecule has 0 unspecified atom stereocenters. The van der Waals surface area contributed by atoms with Gasteiger partial charge in [0.2, 0.25) is 5.88 Å². The van der Waals surface area contributed by atoms with Crippen LogP contribution in [0.3, 0.4) is 0 Å². The topological polar surface area (TPSA) is 59.4 Å². The second-order valence-corrected chi connectivity index (χ2v) is 4.05. The Morgan fingerprint density at radius 2 is 2.00 bits per heavy atom. The van der Waals surface area contributed by atoms with Crippen LogP contribution in [0.5, 0.6) is 11.6 Å². The third-order valence-electron chi connectivity index (χ3n) is 1.99. The van der Waals surface area contributed by atoms with E-state index in [-0.39, 0.29) is 5.56 Å². The molecule has 5 heteroatoms. The van der Waals surface area contributed by atoms with E-state index in [1.54, 1.807) is 30.3 Å². The summed E-state index contributed by atoms with van der Waals surface area (Å²) < 4.78 is 6.10. The van der Waals surface area contributed by atoms with Crippen LogP contribution >= 0.6 is 15.9 Å². The summed E-state index contributed by atoms with van der Waals surface area (Å²) in [5.41, 5.74) is 0.178. The van der Waals surface area contributed by atoms with Crippen LogP contribution in [-0.4, -0.2) is 16.1 Å². The van der Waals surface area contributed by atoms with Crippen molar-refractivity contribution in [2.75, 3.05) is 0 Å². The van der Waals surface area contributed by atoms with E-state index in [1.165, 1.54) is 12.1 Å². The van der Waals surface area contributed by atoms with Crippen molar-refractivity contribution in [2.45, 2.75) is 0 Å². The Kier molecular flexibility index (Phi) is 3.39.